The molecule has 0 radical (unpaired) electrons. The number of rotatable bonds is 2. The van der Waals surface area contributed by atoms with Gasteiger partial charge in [0.1, 0.15) is 0 Å². The van der Waals surface area contributed by atoms with Crippen LogP contribution in [-0.2, 0) is 0 Å². The number of nitrogens with zero attached hydrogens (tertiary/aromatic N) is 3. The monoisotopic (exact) mass is 340 g/mol. The van der Waals surface area contributed by atoms with Gasteiger partial charge in [-0.2, -0.15) is 0 Å². The maximum Gasteiger partial charge on any atom is 0.322 e. The minimum absolute atomic E-state index is 0.0389. The molecule has 2 amide bonds. The van der Waals surface area contributed by atoms with E-state index >= 15 is 0 Å². The Hall–Kier alpha value is -2.50. The molecule has 5 nitrogen and oxygen atoms in total. The number of anilines is 1. The first-order chi connectivity index (χ1) is 12.0. The Morgan fingerprint density at radius 3 is 2.56 bits per heavy atom. The molecule has 2 saturated heterocycles. The van der Waals surface area contributed by atoms with E-state index < -0.39 is 5.82 Å². The van der Waals surface area contributed by atoms with Crippen molar-refractivity contribution < 1.29 is 9.18 Å². The molecule has 2 aliphatic rings. The maximum atomic E-state index is 13.0. The second-order valence-corrected chi connectivity index (χ2v) is 7.21. The topological polar surface area (TPSA) is 58.1 Å². The molecule has 2 aromatic rings. The fourth-order valence-corrected chi connectivity index (χ4v) is 4.06. The normalized spacial score (nSPS) is 24.6. The molecule has 25 heavy (non-hydrogen) atoms. The first-order valence-electron chi connectivity index (χ1n) is 8.69. The standard InChI is InChI=1S/C19H21FN4O/c1-11-5-15-8-16(6-11)24(15)19(25)23-14-4-3-12(2)17(7-14)18-21-9-13(20)10-22-18/h3-4,7,9-11,15-16H,5-6,8H2,1-2H3,(H,23,25)/t11?,15-,16?/m1/s1. The molecule has 2 bridgehead atoms. The summed E-state index contributed by atoms with van der Waals surface area (Å²) in [7, 11) is 0. The number of piperidine rings is 1. The molecule has 1 aromatic carbocycles. The largest absolute Gasteiger partial charge is 0.322 e. The molecule has 3 atom stereocenters. The number of aromatic nitrogens is 2. The fraction of sp³-hybridized carbons (Fsp3) is 0.421. The van der Waals surface area contributed by atoms with Crippen molar-refractivity contribution in [3.8, 4) is 11.4 Å². The van der Waals surface area contributed by atoms with Gasteiger partial charge < -0.3 is 10.2 Å². The molecule has 0 saturated carbocycles. The van der Waals surface area contributed by atoms with Gasteiger partial charge in [-0.3, -0.25) is 0 Å². The van der Waals surface area contributed by atoms with Gasteiger partial charge in [0, 0.05) is 23.3 Å². The number of hydrogen-bond acceptors (Lipinski definition) is 3. The van der Waals surface area contributed by atoms with Gasteiger partial charge in [-0.05, 0) is 49.8 Å². The van der Waals surface area contributed by atoms with Crippen LogP contribution >= 0.6 is 0 Å². The van der Waals surface area contributed by atoms with Crippen molar-refractivity contribution in [2.24, 2.45) is 5.92 Å². The van der Waals surface area contributed by atoms with Crippen molar-refractivity contribution in [2.75, 3.05) is 5.32 Å². The molecule has 2 unspecified atom stereocenters. The molecule has 3 heterocycles. The van der Waals surface area contributed by atoms with Crippen LogP contribution in [0.15, 0.2) is 30.6 Å². The third-order valence-corrected chi connectivity index (χ3v) is 5.26. The molecule has 130 valence electrons. The van der Waals surface area contributed by atoms with E-state index in [1.165, 1.54) is 0 Å². The Kier molecular flexibility index (Phi) is 3.90. The van der Waals surface area contributed by atoms with Crippen LogP contribution in [0.5, 0.6) is 0 Å². The second kappa shape index (κ2) is 6.10. The Morgan fingerprint density at radius 1 is 1.20 bits per heavy atom. The number of fused-ring (bicyclic) bond motifs is 2. The lowest BCUT2D eigenvalue weighted by molar-refractivity contribution is -0.00600. The zero-order valence-electron chi connectivity index (χ0n) is 14.4. The van der Waals surface area contributed by atoms with E-state index in [-0.39, 0.29) is 6.03 Å². The zero-order chi connectivity index (χ0) is 17.6. The predicted molar refractivity (Wildman–Crippen MR) is 93.6 cm³/mol. The summed E-state index contributed by atoms with van der Waals surface area (Å²) in [5.41, 5.74) is 2.46. The Bertz CT molecular complexity index is 796. The van der Waals surface area contributed by atoms with E-state index in [4.69, 9.17) is 0 Å². The molecule has 2 fully saturated rings. The van der Waals surface area contributed by atoms with Gasteiger partial charge >= 0.3 is 6.03 Å². The van der Waals surface area contributed by atoms with Gasteiger partial charge in [0.05, 0.1) is 12.4 Å². The molecular formula is C19H21FN4O. The van der Waals surface area contributed by atoms with Crippen molar-refractivity contribution in [3.63, 3.8) is 0 Å². The smallest absolute Gasteiger partial charge is 0.318 e. The number of hydrogen-bond donors (Lipinski definition) is 1. The van der Waals surface area contributed by atoms with Crippen molar-refractivity contribution in [2.45, 2.75) is 45.2 Å². The molecule has 6 heteroatoms. The molecule has 1 aromatic heterocycles. The van der Waals surface area contributed by atoms with E-state index in [9.17, 15) is 9.18 Å². The number of halogens is 1. The van der Waals surface area contributed by atoms with Gasteiger partial charge in [-0.15, -0.1) is 0 Å². The predicted octanol–water partition coefficient (Wildman–Crippen LogP) is 4.00. The third-order valence-electron chi connectivity index (χ3n) is 5.26. The lowest BCUT2D eigenvalue weighted by atomic mass is 9.74. The first kappa shape index (κ1) is 16.0. The number of urea groups is 1. The minimum atomic E-state index is -0.468. The Labute approximate surface area is 146 Å². The number of carbonyl (C=O) groups excluding carboxylic acids is 1. The molecule has 1 N–H and O–H groups in total. The van der Waals surface area contributed by atoms with Crippen molar-refractivity contribution in [3.05, 3.63) is 42.0 Å². The highest BCUT2D eigenvalue weighted by Crippen LogP contribution is 2.41. The van der Waals surface area contributed by atoms with Crippen LogP contribution in [0.4, 0.5) is 14.9 Å². The lowest BCUT2D eigenvalue weighted by Crippen LogP contribution is -2.63. The van der Waals surface area contributed by atoms with E-state index in [0.717, 1.165) is 42.8 Å². The number of amides is 2. The summed E-state index contributed by atoms with van der Waals surface area (Å²) in [6.07, 6.45) is 5.60. The van der Waals surface area contributed by atoms with Gasteiger partial charge in [0.2, 0.25) is 0 Å². The highest BCUT2D eigenvalue weighted by atomic mass is 19.1. The van der Waals surface area contributed by atoms with Crippen LogP contribution < -0.4 is 5.32 Å². The number of carbonyl (C=O) groups is 1. The molecule has 0 spiro atoms. The highest BCUT2D eigenvalue weighted by molar-refractivity contribution is 5.91. The summed E-state index contributed by atoms with van der Waals surface area (Å²) in [6.45, 7) is 4.19. The van der Waals surface area contributed by atoms with Crippen LogP contribution in [0, 0.1) is 18.7 Å². The van der Waals surface area contributed by atoms with Crippen LogP contribution in [0.2, 0.25) is 0 Å². The molecule has 0 aliphatic carbocycles. The van der Waals surface area contributed by atoms with Crippen LogP contribution in [0.3, 0.4) is 0 Å². The van der Waals surface area contributed by atoms with Crippen molar-refractivity contribution in [1.82, 2.24) is 14.9 Å². The van der Waals surface area contributed by atoms with Gasteiger partial charge in [-0.25, -0.2) is 19.2 Å². The quantitative estimate of drug-likeness (QED) is 0.899. The summed E-state index contributed by atoms with van der Waals surface area (Å²) in [5.74, 6) is 0.684. The summed E-state index contributed by atoms with van der Waals surface area (Å²) in [5, 5.41) is 2.99. The average molecular weight is 340 g/mol. The van der Waals surface area contributed by atoms with E-state index in [1.54, 1.807) is 0 Å². The van der Waals surface area contributed by atoms with Gasteiger partial charge in [0.15, 0.2) is 11.6 Å². The first-order valence-corrected chi connectivity index (χ1v) is 8.69. The summed E-state index contributed by atoms with van der Waals surface area (Å²) < 4.78 is 13.0. The Morgan fingerprint density at radius 2 is 1.88 bits per heavy atom. The van der Waals surface area contributed by atoms with E-state index in [0.29, 0.717) is 29.5 Å². The zero-order valence-corrected chi connectivity index (χ0v) is 14.4. The number of benzene rings is 1. The third kappa shape index (κ3) is 2.97. The lowest BCUT2D eigenvalue weighted by Gasteiger charge is -2.54. The highest BCUT2D eigenvalue weighted by Gasteiger charge is 2.46. The molecular weight excluding hydrogens is 319 g/mol. The van der Waals surface area contributed by atoms with Crippen LogP contribution in [-0.4, -0.2) is 33.0 Å². The average Bonchev–Trinajstić information content (AvgIpc) is 2.57. The maximum absolute atomic E-state index is 13.0. The summed E-state index contributed by atoms with van der Waals surface area (Å²) in [4.78, 5) is 22.7. The van der Waals surface area contributed by atoms with E-state index in [2.05, 4.69) is 22.2 Å². The molecule has 2 aliphatic heterocycles. The Balaban J connectivity index is 1.53. The minimum Gasteiger partial charge on any atom is -0.318 e. The van der Waals surface area contributed by atoms with Crippen LogP contribution in [0.1, 0.15) is 31.7 Å². The number of nitrogens with one attached hydrogen (secondary N) is 1. The number of aryl methyl sites for hydroxylation is 1. The second-order valence-electron chi connectivity index (χ2n) is 7.21. The summed E-state index contributed by atoms with van der Waals surface area (Å²) in [6, 6.07) is 6.34. The van der Waals surface area contributed by atoms with Gasteiger partial charge in [-0.1, -0.05) is 13.0 Å². The fourth-order valence-electron chi connectivity index (χ4n) is 4.06. The molecule has 4 rings (SSSR count). The van der Waals surface area contributed by atoms with Crippen molar-refractivity contribution >= 4 is 11.7 Å². The van der Waals surface area contributed by atoms with Crippen LogP contribution in [0.25, 0.3) is 11.4 Å². The SMILES string of the molecule is Cc1ccc(NC(=O)N2C3CC(C)C[C@@H]2C3)cc1-c1ncc(F)cn1. The van der Waals surface area contributed by atoms with Gasteiger partial charge in [0.25, 0.3) is 0 Å². The van der Waals surface area contributed by atoms with Crippen molar-refractivity contribution in [1.29, 1.82) is 0 Å². The van der Waals surface area contributed by atoms with E-state index in [1.807, 2.05) is 30.0 Å². The summed E-state index contributed by atoms with van der Waals surface area (Å²) >= 11 is 0.